The van der Waals surface area contributed by atoms with Crippen molar-refractivity contribution in [1.29, 1.82) is 0 Å². The fourth-order valence-corrected chi connectivity index (χ4v) is 3.14. The van der Waals surface area contributed by atoms with Gasteiger partial charge < -0.3 is 9.47 Å². The highest BCUT2D eigenvalue weighted by molar-refractivity contribution is 6.07. The first-order valence-electron chi connectivity index (χ1n) is 7.07. The van der Waals surface area contributed by atoms with E-state index in [1.165, 1.54) is 0 Å². The van der Waals surface area contributed by atoms with Gasteiger partial charge in [0.25, 0.3) is 0 Å². The van der Waals surface area contributed by atoms with Crippen molar-refractivity contribution in [2.24, 2.45) is 17.3 Å². The number of rotatable bonds is 2. The molecule has 108 valence electrons. The zero-order chi connectivity index (χ0) is 15.0. The zero-order valence-corrected chi connectivity index (χ0v) is 12.0. The fraction of sp³-hybridized carbons (Fsp3) is 0.412. The van der Waals surface area contributed by atoms with Gasteiger partial charge in [-0.05, 0) is 26.0 Å². The lowest BCUT2D eigenvalue weighted by atomic mass is 10.0. The van der Waals surface area contributed by atoms with Crippen molar-refractivity contribution >= 4 is 11.9 Å². The molecule has 1 aromatic carbocycles. The maximum absolute atomic E-state index is 12.2. The fourth-order valence-electron chi connectivity index (χ4n) is 3.14. The molecular weight excluding hydrogens is 268 g/mol. The van der Waals surface area contributed by atoms with E-state index in [4.69, 9.17) is 9.47 Å². The number of cyclic esters (lactones) is 1. The summed E-state index contributed by atoms with van der Waals surface area (Å²) >= 11 is 0. The normalized spacial score (nSPS) is 32.5. The van der Waals surface area contributed by atoms with E-state index in [1.807, 2.05) is 30.3 Å². The van der Waals surface area contributed by atoms with Gasteiger partial charge in [-0.25, -0.2) is 0 Å². The molecule has 0 amide bonds. The Kier molecular flexibility index (Phi) is 3.21. The predicted octanol–water partition coefficient (Wildman–Crippen LogP) is 1.78. The van der Waals surface area contributed by atoms with Crippen molar-refractivity contribution in [2.45, 2.75) is 20.0 Å². The number of esters is 2. The second-order valence-electron chi connectivity index (χ2n) is 5.34. The molecule has 21 heavy (non-hydrogen) atoms. The molecule has 1 saturated heterocycles. The van der Waals surface area contributed by atoms with Crippen LogP contribution in [0.15, 0.2) is 30.3 Å². The summed E-state index contributed by atoms with van der Waals surface area (Å²) in [5.74, 6) is 4.59. The van der Waals surface area contributed by atoms with Gasteiger partial charge in [0, 0.05) is 11.5 Å². The van der Waals surface area contributed by atoms with Crippen LogP contribution in [0.4, 0.5) is 0 Å². The van der Waals surface area contributed by atoms with E-state index >= 15 is 0 Å². The van der Waals surface area contributed by atoms with E-state index in [9.17, 15) is 9.59 Å². The summed E-state index contributed by atoms with van der Waals surface area (Å²) in [7, 11) is 0. The third kappa shape index (κ3) is 1.92. The van der Waals surface area contributed by atoms with Crippen LogP contribution in [0.25, 0.3) is 0 Å². The molecule has 3 rings (SSSR count). The van der Waals surface area contributed by atoms with Crippen LogP contribution in [0.1, 0.15) is 19.4 Å². The van der Waals surface area contributed by atoms with E-state index in [-0.39, 0.29) is 24.5 Å². The van der Waals surface area contributed by atoms with Crippen LogP contribution >= 0.6 is 0 Å². The highest BCUT2D eigenvalue weighted by atomic mass is 16.6. The molecule has 4 unspecified atom stereocenters. The largest absolute Gasteiger partial charge is 0.465 e. The van der Waals surface area contributed by atoms with Crippen molar-refractivity contribution in [3.8, 4) is 11.8 Å². The quantitative estimate of drug-likeness (QED) is 0.472. The van der Waals surface area contributed by atoms with Crippen molar-refractivity contribution in [1.82, 2.24) is 0 Å². The molecule has 2 aliphatic rings. The van der Waals surface area contributed by atoms with Crippen LogP contribution in [0, 0.1) is 29.1 Å². The number of hydrogen-bond donors (Lipinski definition) is 0. The summed E-state index contributed by atoms with van der Waals surface area (Å²) in [6.45, 7) is 3.77. The monoisotopic (exact) mass is 284 g/mol. The Morgan fingerprint density at radius 3 is 2.76 bits per heavy atom. The van der Waals surface area contributed by atoms with Gasteiger partial charge in [0.1, 0.15) is 6.10 Å². The Hall–Kier alpha value is -2.28. The number of benzene rings is 1. The molecule has 2 fully saturated rings. The average Bonchev–Trinajstić information content (AvgIpc) is 3.08. The molecule has 0 spiro atoms. The number of carbonyl (C=O) groups excluding carboxylic acids is 2. The Balaban J connectivity index is 1.89. The first kappa shape index (κ1) is 13.7. The third-order valence-electron chi connectivity index (χ3n) is 4.16. The van der Waals surface area contributed by atoms with E-state index in [2.05, 4.69) is 11.8 Å². The van der Waals surface area contributed by atoms with Gasteiger partial charge in [-0.2, -0.15) is 0 Å². The first-order chi connectivity index (χ1) is 10.1. The van der Waals surface area contributed by atoms with E-state index in [0.29, 0.717) is 0 Å². The van der Waals surface area contributed by atoms with E-state index in [1.54, 1.807) is 13.8 Å². The van der Waals surface area contributed by atoms with Gasteiger partial charge in [0.05, 0.1) is 12.5 Å². The second-order valence-corrected chi connectivity index (χ2v) is 5.34. The molecular formula is C17H16O4. The average molecular weight is 284 g/mol. The van der Waals surface area contributed by atoms with Gasteiger partial charge in [-0.3, -0.25) is 9.59 Å². The van der Waals surface area contributed by atoms with Crippen molar-refractivity contribution in [3.05, 3.63) is 35.9 Å². The summed E-state index contributed by atoms with van der Waals surface area (Å²) in [5, 5.41) is 0. The highest BCUT2D eigenvalue weighted by Crippen LogP contribution is 2.66. The maximum Gasteiger partial charge on any atom is 0.325 e. The lowest BCUT2D eigenvalue weighted by molar-refractivity contribution is -0.161. The van der Waals surface area contributed by atoms with Crippen LogP contribution in [-0.4, -0.2) is 24.6 Å². The van der Waals surface area contributed by atoms with Crippen LogP contribution in [0.2, 0.25) is 0 Å². The Labute approximate surface area is 123 Å². The van der Waals surface area contributed by atoms with Crippen LogP contribution in [-0.2, 0) is 19.1 Å². The Morgan fingerprint density at radius 1 is 1.38 bits per heavy atom. The zero-order valence-electron chi connectivity index (χ0n) is 12.0. The molecule has 0 bridgehead atoms. The third-order valence-corrected chi connectivity index (χ3v) is 4.16. The molecule has 1 aromatic rings. The first-order valence-corrected chi connectivity index (χ1v) is 7.07. The predicted molar refractivity (Wildman–Crippen MR) is 74.9 cm³/mol. The minimum absolute atomic E-state index is 0.194. The van der Waals surface area contributed by atoms with Gasteiger partial charge in [0.15, 0.2) is 5.41 Å². The molecule has 1 saturated carbocycles. The second kappa shape index (κ2) is 4.92. The number of carbonyl (C=O) groups is 2. The Bertz CT molecular complexity index is 640. The Morgan fingerprint density at radius 2 is 2.10 bits per heavy atom. The van der Waals surface area contributed by atoms with Crippen LogP contribution in [0.5, 0.6) is 0 Å². The van der Waals surface area contributed by atoms with Gasteiger partial charge in [-0.15, -0.1) is 0 Å². The minimum atomic E-state index is -1.20. The van der Waals surface area contributed by atoms with Gasteiger partial charge in [0.2, 0.25) is 0 Å². The van der Waals surface area contributed by atoms with E-state index in [0.717, 1.165) is 5.56 Å². The summed E-state index contributed by atoms with van der Waals surface area (Å²) in [6, 6.07) is 9.50. The van der Waals surface area contributed by atoms with Crippen molar-refractivity contribution in [2.75, 3.05) is 6.61 Å². The molecule has 4 nitrogen and oxygen atoms in total. The molecule has 0 N–H and O–H groups in total. The molecule has 0 radical (unpaired) electrons. The maximum atomic E-state index is 12.2. The molecule has 1 heterocycles. The number of fused-ring (bicyclic) bond motifs is 1. The smallest absolute Gasteiger partial charge is 0.325 e. The van der Waals surface area contributed by atoms with Crippen molar-refractivity contribution in [3.63, 3.8) is 0 Å². The molecule has 4 atom stereocenters. The summed E-state index contributed by atoms with van der Waals surface area (Å²) in [5.41, 5.74) is -0.334. The van der Waals surface area contributed by atoms with Gasteiger partial charge >= 0.3 is 11.9 Å². The van der Waals surface area contributed by atoms with Crippen molar-refractivity contribution < 1.29 is 19.1 Å². The van der Waals surface area contributed by atoms with E-state index < -0.39 is 17.4 Å². The summed E-state index contributed by atoms with van der Waals surface area (Å²) in [6.07, 6.45) is -0.294. The lowest BCUT2D eigenvalue weighted by Gasteiger charge is -2.10. The standard InChI is InChI=1S/C17H16O4/c1-3-20-15(18)17-13(14(17)11(2)21-16(17)19)10-9-12-7-5-4-6-8-12/h4-8,11,13-14H,3H2,1-2H3. The highest BCUT2D eigenvalue weighted by Gasteiger charge is 2.82. The number of ether oxygens (including phenoxy) is 2. The number of hydrogen-bond acceptors (Lipinski definition) is 4. The molecule has 4 heteroatoms. The summed E-state index contributed by atoms with van der Waals surface area (Å²) < 4.78 is 10.2. The van der Waals surface area contributed by atoms with Gasteiger partial charge in [-0.1, -0.05) is 30.0 Å². The SMILES string of the molecule is CCOC(=O)C12C(=O)OC(C)C1C2C#Cc1ccccc1. The topological polar surface area (TPSA) is 52.6 Å². The van der Waals surface area contributed by atoms with Crippen LogP contribution < -0.4 is 0 Å². The molecule has 1 aliphatic carbocycles. The molecule has 0 aromatic heterocycles. The molecule has 1 aliphatic heterocycles. The van der Waals surface area contributed by atoms with Crippen LogP contribution in [0.3, 0.4) is 0 Å². The summed E-state index contributed by atoms with van der Waals surface area (Å²) in [4.78, 5) is 24.3. The minimum Gasteiger partial charge on any atom is -0.465 e. The lowest BCUT2D eigenvalue weighted by Crippen LogP contribution is -2.29.